The van der Waals surface area contributed by atoms with Crippen LogP contribution in [0, 0.1) is 0 Å². The van der Waals surface area contributed by atoms with Gasteiger partial charge in [-0.1, -0.05) is 0 Å². The molecule has 5 N–H and O–H groups in total. The summed E-state index contributed by atoms with van der Waals surface area (Å²) in [5, 5.41) is -0.869. The van der Waals surface area contributed by atoms with Gasteiger partial charge in [-0.05, 0) is 13.0 Å². The molecule has 0 spiro atoms. The summed E-state index contributed by atoms with van der Waals surface area (Å²) in [5.74, 6) is -0.0812. The fraction of sp³-hybridized carbons (Fsp3) is 0.250. The molecule has 0 heterocycles. The zero-order valence-electron chi connectivity index (χ0n) is 9.27. The van der Waals surface area contributed by atoms with Crippen LogP contribution in [0.3, 0.4) is 0 Å². The molecule has 0 bridgehead atoms. The van der Waals surface area contributed by atoms with Crippen LogP contribution in [0.25, 0.3) is 0 Å². The van der Waals surface area contributed by atoms with E-state index in [2.05, 4.69) is 0 Å². The molecule has 0 saturated carbocycles. The van der Waals surface area contributed by atoms with E-state index in [1.165, 1.54) is 0 Å². The van der Waals surface area contributed by atoms with Gasteiger partial charge in [-0.2, -0.15) is 8.42 Å². The lowest BCUT2D eigenvalue weighted by Gasteiger charge is -2.13. The lowest BCUT2D eigenvalue weighted by atomic mass is 10.3. The van der Waals surface area contributed by atoms with Crippen LogP contribution in [0.1, 0.15) is 6.92 Å². The van der Waals surface area contributed by atoms with E-state index < -0.39 is 27.9 Å². The van der Waals surface area contributed by atoms with Gasteiger partial charge in [0.05, 0.1) is 17.6 Å². The molecule has 0 aliphatic rings. The second kappa shape index (κ2) is 4.87. The SMILES string of the molecule is CCOc1cc(S(=O)(=O)O)c(P(=O)(O)O)cc1N. The Bertz CT molecular complexity index is 606. The normalized spacial score (nSPS) is 12.4. The molecule has 0 saturated heterocycles. The van der Waals surface area contributed by atoms with E-state index >= 15 is 0 Å². The third-order valence-electron chi connectivity index (χ3n) is 1.98. The zero-order chi connectivity index (χ0) is 14.1. The number of hydrogen-bond donors (Lipinski definition) is 4. The molecule has 1 aromatic carbocycles. The van der Waals surface area contributed by atoms with E-state index in [1.807, 2.05) is 0 Å². The minimum absolute atomic E-state index is 0.0812. The van der Waals surface area contributed by atoms with Crippen LogP contribution >= 0.6 is 7.60 Å². The highest BCUT2D eigenvalue weighted by molar-refractivity contribution is 7.86. The maximum atomic E-state index is 11.1. The molecular formula is C8H12NO7PS. The Morgan fingerprint density at radius 3 is 2.33 bits per heavy atom. The van der Waals surface area contributed by atoms with Crippen molar-refractivity contribution in [1.29, 1.82) is 0 Å². The van der Waals surface area contributed by atoms with Gasteiger partial charge in [-0.25, -0.2) is 0 Å². The van der Waals surface area contributed by atoms with Crippen molar-refractivity contribution in [2.45, 2.75) is 11.8 Å². The van der Waals surface area contributed by atoms with Crippen molar-refractivity contribution in [1.82, 2.24) is 0 Å². The molecule has 0 amide bonds. The summed E-state index contributed by atoms with van der Waals surface area (Å²) in [4.78, 5) is 17.1. The number of anilines is 1. The number of nitrogens with two attached hydrogens (primary N) is 1. The molecule has 0 unspecified atom stereocenters. The van der Waals surface area contributed by atoms with Crippen molar-refractivity contribution in [2.24, 2.45) is 0 Å². The molecule has 8 nitrogen and oxygen atoms in total. The van der Waals surface area contributed by atoms with Gasteiger partial charge in [0, 0.05) is 6.07 Å². The molecule has 0 radical (unpaired) electrons. The summed E-state index contributed by atoms with van der Waals surface area (Å²) in [7, 11) is -9.69. The number of hydrogen-bond acceptors (Lipinski definition) is 5. The van der Waals surface area contributed by atoms with Crippen molar-refractivity contribution in [2.75, 3.05) is 12.3 Å². The van der Waals surface area contributed by atoms with Gasteiger partial charge in [-0.15, -0.1) is 0 Å². The van der Waals surface area contributed by atoms with Crippen LogP contribution in [-0.4, -0.2) is 29.4 Å². The molecule has 1 aromatic rings. The smallest absolute Gasteiger partial charge is 0.357 e. The van der Waals surface area contributed by atoms with Crippen molar-refractivity contribution < 1.29 is 32.1 Å². The Labute approximate surface area is 103 Å². The van der Waals surface area contributed by atoms with Gasteiger partial charge in [-0.3, -0.25) is 9.12 Å². The first kappa shape index (κ1) is 14.9. The first-order chi connectivity index (χ1) is 8.07. The number of nitrogen functional groups attached to an aromatic ring is 1. The highest BCUT2D eigenvalue weighted by atomic mass is 32.2. The minimum Gasteiger partial charge on any atom is -0.492 e. The monoisotopic (exact) mass is 297 g/mol. The minimum atomic E-state index is -4.89. The molecule has 18 heavy (non-hydrogen) atoms. The highest BCUT2D eigenvalue weighted by Gasteiger charge is 2.29. The maximum Gasteiger partial charge on any atom is 0.357 e. The Morgan fingerprint density at radius 2 is 1.94 bits per heavy atom. The molecule has 0 aliphatic heterocycles. The second-order valence-corrected chi connectivity index (χ2v) is 6.27. The van der Waals surface area contributed by atoms with Gasteiger partial charge in [0.2, 0.25) is 0 Å². The number of ether oxygens (including phenoxy) is 1. The summed E-state index contributed by atoms with van der Waals surface area (Å²) < 4.78 is 47.2. The largest absolute Gasteiger partial charge is 0.492 e. The molecule has 0 fully saturated rings. The first-order valence-electron chi connectivity index (χ1n) is 4.67. The average Bonchev–Trinajstić information content (AvgIpc) is 2.17. The quantitative estimate of drug-likeness (QED) is 0.337. The van der Waals surface area contributed by atoms with E-state index in [1.54, 1.807) is 6.92 Å². The van der Waals surface area contributed by atoms with Crippen LogP contribution < -0.4 is 15.8 Å². The highest BCUT2D eigenvalue weighted by Crippen LogP contribution is 2.39. The fourth-order valence-corrected chi connectivity index (χ4v) is 3.22. The van der Waals surface area contributed by atoms with Crippen LogP contribution in [0.15, 0.2) is 17.0 Å². The molecular weight excluding hydrogens is 285 g/mol. The lowest BCUT2D eigenvalue weighted by Crippen LogP contribution is -2.17. The first-order valence-corrected chi connectivity index (χ1v) is 7.72. The summed E-state index contributed by atoms with van der Waals surface area (Å²) in [6.45, 7) is 1.79. The van der Waals surface area contributed by atoms with E-state index in [0.29, 0.717) is 0 Å². The number of benzene rings is 1. The Balaban J connectivity index is 3.64. The Kier molecular flexibility index (Phi) is 4.04. The van der Waals surface area contributed by atoms with Crippen molar-refractivity contribution in [3.05, 3.63) is 12.1 Å². The van der Waals surface area contributed by atoms with Crippen LogP contribution in [0.2, 0.25) is 0 Å². The molecule has 0 aromatic heterocycles. The topological polar surface area (TPSA) is 147 Å². The van der Waals surface area contributed by atoms with Gasteiger partial charge < -0.3 is 20.3 Å². The van der Waals surface area contributed by atoms with Crippen LogP contribution in [0.5, 0.6) is 5.75 Å². The van der Waals surface area contributed by atoms with E-state index in [9.17, 15) is 13.0 Å². The van der Waals surface area contributed by atoms with E-state index in [4.69, 9.17) is 24.8 Å². The molecule has 0 atom stereocenters. The van der Waals surface area contributed by atoms with Gasteiger partial charge >= 0.3 is 7.60 Å². The van der Waals surface area contributed by atoms with Crippen LogP contribution in [0.4, 0.5) is 5.69 Å². The van der Waals surface area contributed by atoms with Gasteiger partial charge in [0.25, 0.3) is 10.1 Å². The van der Waals surface area contributed by atoms with E-state index in [-0.39, 0.29) is 18.0 Å². The zero-order valence-corrected chi connectivity index (χ0v) is 11.0. The maximum absolute atomic E-state index is 11.1. The summed E-state index contributed by atoms with van der Waals surface area (Å²) in [6.07, 6.45) is 0. The average molecular weight is 297 g/mol. The predicted molar refractivity (Wildman–Crippen MR) is 63.5 cm³/mol. The number of rotatable bonds is 4. The van der Waals surface area contributed by atoms with Crippen molar-refractivity contribution in [3.8, 4) is 5.75 Å². The summed E-state index contributed by atoms with van der Waals surface area (Å²) in [5.41, 5.74) is 5.33. The van der Waals surface area contributed by atoms with Gasteiger partial charge in [0.1, 0.15) is 10.6 Å². The van der Waals surface area contributed by atoms with Crippen molar-refractivity contribution in [3.63, 3.8) is 0 Å². The van der Waals surface area contributed by atoms with Gasteiger partial charge in [0.15, 0.2) is 0 Å². The van der Waals surface area contributed by atoms with Crippen LogP contribution in [-0.2, 0) is 14.7 Å². The fourth-order valence-electron chi connectivity index (χ4n) is 1.28. The third-order valence-corrected chi connectivity index (χ3v) is 4.03. The van der Waals surface area contributed by atoms with Crippen molar-refractivity contribution >= 4 is 28.7 Å². The second-order valence-electron chi connectivity index (χ2n) is 3.31. The summed E-state index contributed by atoms with van der Waals surface area (Å²) >= 11 is 0. The molecule has 1 rings (SSSR count). The standard InChI is InChI=1S/C8H12NO7PS/c1-2-16-6-4-8(18(13,14)15)7(3-5(6)9)17(10,11)12/h3-4H,2,9H2,1H3,(H2,10,11,12)(H,13,14,15). The lowest BCUT2D eigenvalue weighted by molar-refractivity contribution is 0.341. The molecule has 102 valence electrons. The Hall–Kier alpha value is -1.12. The third kappa shape index (κ3) is 3.21. The molecule has 0 aliphatic carbocycles. The van der Waals surface area contributed by atoms with E-state index in [0.717, 1.165) is 12.1 Å². The Morgan fingerprint density at radius 1 is 1.39 bits per heavy atom. The molecule has 10 heteroatoms. The predicted octanol–water partition coefficient (Wildman–Crippen LogP) is -0.283. The summed E-state index contributed by atoms with van der Waals surface area (Å²) in [6, 6.07) is 1.55.